The second kappa shape index (κ2) is 16.8. The van der Waals surface area contributed by atoms with Gasteiger partial charge < -0.3 is 35.4 Å². The van der Waals surface area contributed by atoms with Gasteiger partial charge in [0.05, 0.1) is 18.1 Å². The van der Waals surface area contributed by atoms with Crippen molar-refractivity contribution in [3.8, 4) is 5.75 Å². The van der Waals surface area contributed by atoms with Crippen molar-refractivity contribution in [1.29, 1.82) is 0 Å². The molecule has 1 saturated heterocycles. The molecular formula is C29H28ClF6N7O7. The van der Waals surface area contributed by atoms with Gasteiger partial charge in [-0.25, -0.2) is 14.6 Å². The van der Waals surface area contributed by atoms with Gasteiger partial charge in [-0.15, -0.1) is 0 Å². The summed E-state index contributed by atoms with van der Waals surface area (Å²) in [6, 6.07) is 7.69. The molecule has 21 heteroatoms. The minimum absolute atomic E-state index is 0.0306. The summed E-state index contributed by atoms with van der Waals surface area (Å²) in [5.74, 6) is -4.06. The van der Waals surface area contributed by atoms with Gasteiger partial charge in [0.1, 0.15) is 10.8 Å². The number of aryl methyl sites for hydroxylation is 2. The predicted octanol–water partition coefficient (Wildman–Crippen LogP) is 4.45. The zero-order valence-corrected chi connectivity index (χ0v) is 26.6. The molecule has 0 radical (unpaired) electrons. The summed E-state index contributed by atoms with van der Waals surface area (Å²) in [4.78, 5) is 58.7. The molecule has 0 aliphatic carbocycles. The quantitative estimate of drug-likeness (QED) is 0.278. The molecule has 2 aromatic heterocycles. The lowest BCUT2D eigenvalue weighted by molar-refractivity contribution is -0.193. The van der Waals surface area contributed by atoms with Gasteiger partial charge in [0.2, 0.25) is 11.9 Å². The third-order valence-corrected chi connectivity index (χ3v) is 6.99. The lowest BCUT2D eigenvalue weighted by atomic mass is 10.0. The summed E-state index contributed by atoms with van der Waals surface area (Å²) in [6.45, 7) is 3.59. The molecule has 2 amide bonds. The molecule has 270 valence electrons. The molecule has 5 rings (SSSR count). The van der Waals surface area contributed by atoms with Crippen LogP contribution in [0.4, 0.5) is 49.5 Å². The van der Waals surface area contributed by atoms with Crippen LogP contribution in [0, 0.1) is 0 Å². The fourth-order valence-electron chi connectivity index (χ4n) is 4.25. The summed E-state index contributed by atoms with van der Waals surface area (Å²) >= 11 is 6.33. The van der Waals surface area contributed by atoms with Crippen molar-refractivity contribution in [3.63, 3.8) is 0 Å². The summed E-state index contributed by atoms with van der Waals surface area (Å²) in [5.41, 5.74) is 3.55. The van der Waals surface area contributed by atoms with Crippen molar-refractivity contribution in [2.24, 2.45) is 0 Å². The first-order valence-electron chi connectivity index (χ1n) is 14.2. The molecule has 2 aliphatic heterocycles. The first-order chi connectivity index (χ1) is 23.3. The number of hydrogen-bond acceptors (Lipinski definition) is 10. The number of pyridine rings is 1. The fraction of sp³-hybridized carbons (Fsp3) is 0.345. The van der Waals surface area contributed by atoms with Crippen LogP contribution < -0.4 is 15.4 Å². The van der Waals surface area contributed by atoms with Crippen LogP contribution in [0.2, 0.25) is 5.02 Å². The molecule has 6 bridgehead atoms. The Kier molecular flexibility index (Phi) is 13.1. The molecule has 0 atom stereocenters. The van der Waals surface area contributed by atoms with Crippen LogP contribution >= 0.6 is 11.6 Å². The smallest absolute Gasteiger partial charge is 0.483 e. The third kappa shape index (κ3) is 11.9. The molecule has 1 aromatic carbocycles. The number of piperazine rings is 1. The SMILES string of the molecule is CC(=O)N1CCN(C(=O)COc2ccc3cc2CCc2cncc(c2)Nc2ncc(Cl)c(n2)N3)CC1.O=C(O)C(F)(F)F.O=C(O)C(F)(F)F. The van der Waals surface area contributed by atoms with E-state index < -0.39 is 24.3 Å². The third-order valence-electron chi connectivity index (χ3n) is 6.72. The average Bonchev–Trinajstić information content (AvgIpc) is 3.04. The Hall–Kier alpha value is -5.40. The van der Waals surface area contributed by atoms with Crippen LogP contribution in [-0.4, -0.2) is 104 Å². The van der Waals surface area contributed by atoms with Crippen LogP contribution in [0.1, 0.15) is 18.1 Å². The van der Waals surface area contributed by atoms with Gasteiger partial charge in [0, 0.05) is 45.0 Å². The summed E-state index contributed by atoms with van der Waals surface area (Å²) in [5, 5.41) is 21.1. The number of nitrogens with one attached hydrogen (secondary N) is 2. The van der Waals surface area contributed by atoms with Crippen molar-refractivity contribution in [2.75, 3.05) is 43.4 Å². The van der Waals surface area contributed by atoms with E-state index in [1.807, 2.05) is 30.5 Å². The van der Waals surface area contributed by atoms with Crippen LogP contribution in [0.5, 0.6) is 5.75 Å². The second-order valence-corrected chi connectivity index (χ2v) is 10.7. The van der Waals surface area contributed by atoms with Gasteiger partial charge >= 0.3 is 24.3 Å². The van der Waals surface area contributed by atoms with Gasteiger partial charge in [-0.05, 0) is 48.2 Å². The fourth-order valence-corrected chi connectivity index (χ4v) is 4.39. The molecule has 14 nitrogen and oxygen atoms in total. The molecule has 2 aliphatic rings. The number of halogens is 7. The van der Waals surface area contributed by atoms with Gasteiger partial charge in [-0.2, -0.15) is 31.3 Å². The Bertz CT molecular complexity index is 1680. The number of hydrogen-bond donors (Lipinski definition) is 4. The maximum absolute atomic E-state index is 12.8. The zero-order valence-electron chi connectivity index (χ0n) is 25.8. The van der Waals surface area contributed by atoms with Crippen molar-refractivity contribution in [3.05, 3.63) is 59.0 Å². The number of rotatable bonds is 3. The molecule has 1 fully saturated rings. The molecular weight excluding hydrogens is 708 g/mol. The van der Waals surface area contributed by atoms with Gasteiger partial charge in [-0.1, -0.05) is 11.6 Å². The highest BCUT2D eigenvalue weighted by molar-refractivity contribution is 6.32. The van der Waals surface area contributed by atoms with Crippen LogP contribution in [0.25, 0.3) is 0 Å². The highest BCUT2D eigenvalue weighted by Crippen LogP contribution is 2.30. The summed E-state index contributed by atoms with van der Waals surface area (Å²) in [7, 11) is 0. The van der Waals surface area contributed by atoms with Crippen molar-refractivity contribution in [1.82, 2.24) is 24.8 Å². The number of nitrogens with zero attached hydrogens (tertiary/aromatic N) is 5. The number of aromatic nitrogens is 3. The normalized spacial score (nSPS) is 13.9. The van der Waals surface area contributed by atoms with Crippen LogP contribution in [-0.2, 0) is 32.0 Å². The molecule has 50 heavy (non-hydrogen) atoms. The topological polar surface area (TPSA) is 187 Å². The van der Waals surface area contributed by atoms with Crippen molar-refractivity contribution < 1.29 is 60.5 Å². The number of amides is 2. The number of carbonyl (C=O) groups is 4. The number of ether oxygens (including phenoxy) is 1. The van der Waals surface area contributed by atoms with E-state index in [-0.39, 0.29) is 18.4 Å². The number of carboxylic acid groups (broad SMARTS) is 2. The van der Waals surface area contributed by atoms with Crippen molar-refractivity contribution >= 4 is 58.5 Å². The van der Waals surface area contributed by atoms with E-state index >= 15 is 0 Å². The first-order valence-corrected chi connectivity index (χ1v) is 14.6. The number of alkyl halides is 6. The van der Waals surface area contributed by atoms with Gasteiger partial charge in [0.25, 0.3) is 5.91 Å². The maximum atomic E-state index is 12.8. The van der Waals surface area contributed by atoms with Crippen LogP contribution in [0.3, 0.4) is 0 Å². The van der Waals surface area contributed by atoms with E-state index in [1.165, 1.54) is 6.20 Å². The Labute approximate surface area is 284 Å². The monoisotopic (exact) mass is 735 g/mol. The Balaban J connectivity index is 0.000000408. The number of aliphatic carboxylic acids is 2. The number of anilines is 4. The standard InChI is InChI=1S/C25H26ClN7O3.2C2HF3O2/c1-16(34)32-6-8-33(9-7-32)23(35)15-36-22-5-4-19-11-18(22)3-2-17-10-20(13-27-12-17)30-25-28-14-21(26)24(29-19)31-25;2*3-2(4,5)1(6)7/h4-5,10-14H,2-3,6-9,15H2,1H3,(H2,28,29,30,31);2*(H,6,7). The summed E-state index contributed by atoms with van der Waals surface area (Å²) in [6.07, 6.45) is -3.69. The van der Waals surface area contributed by atoms with Crippen LogP contribution in [0.15, 0.2) is 42.9 Å². The Morgan fingerprint density at radius 3 is 2.04 bits per heavy atom. The minimum atomic E-state index is -5.08. The molecule has 4 N–H and O–H groups in total. The largest absolute Gasteiger partial charge is 0.490 e. The molecule has 0 saturated carbocycles. The van der Waals surface area contributed by atoms with Gasteiger partial charge in [0.15, 0.2) is 12.4 Å². The molecule has 3 aromatic rings. The van der Waals surface area contributed by atoms with E-state index in [0.717, 1.165) is 28.9 Å². The maximum Gasteiger partial charge on any atom is 0.490 e. The van der Waals surface area contributed by atoms with E-state index in [9.17, 15) is 35.9 Å². The average molecular weight is 736 g/mol. The Morgan fingerprint density at radius 1 is 0.860 bits per heavy atom. The van der Waals surface area contributed by atoms with Crippen molar-refractivity contribution in [2.45, 2.75) is 32.1 Å². The van der Waals surface area contributed by atoms with E-state index in [4.69, 9.17) is 36.1 Å². The van der Waals surface area contributed by atoms with E-state index in [1.54, 1.807) is 22.9 Å². The number of carbonyl (C=O) groups excluding carboxylic acids is 2. The van der Waals surface area contributed by atoms with E-state index in [2.05, 4.69) is 25.6 Å². The summed E-state index contributed by atoms with van der Waals surface area (Å²) < 4.78 is 69.5. The number of benzene rings is 1. The second-order valence-electron chi connectivity index (χ2n) is 10.3. The molecule has 0 unspecified atom stereocenters. The number of carboxylic acids is 2. The lowest BCUT2D eigenvalue weighted by Crippen LogP contribution is -2.51. The molecule has 4 heterocycles. The first kappa shape index (κ1) is 39.0. The van der Waals surface area contributed by atoms with E-state index in [0.29, 0.717) is 55.1 Å². The van der Waals surface area contributed by atoms with Gasteiger partial charge in [-0.3, -0.25) is 14.6 Å². The molecule has 0 spiro atoms. The highest BCUT2D eigenvalue weighted by atomic mass is 35.5. The zero-order chi connectivity index (χ0) is 37.2. The Morgan fingerprint density at radius 2 is 1.46 bits per heavy atom. The highest BCUT2D eigenvalue weighted by Gasteiger charge is 2.39. The predicted molar refractivity (Wildman–Crippen MR) is 163 cm³/mol. The lowest BCUT2D eigenvalue weighted by Gasteiger charge is -2.34. The minimum Gasteiger partial charge on any atom is -0.483 e. The number of fused-ring (bicyclic) bond motifs is 6.